The molecular formula is C16H27N3O2. The highest BCUT2D eigenvalue weighted by Gasteiger charge is 2.28. The Bertz CT molecular complexity index is 506. The molecule has 1 fully saturated rings. The van der Waals surface area contributed by atoms with Crippen molar-refractivity contribution in [3.63, 3.8) is 0 Å². The molecule has 0 aromatic carbocycles. The molecular weight excluding hydrogens is 266 g/mol. The van der Waals surface area contributed by atoms with Gasteiger partial charge in [0.05, 0.1) is 11.8 Å². The number of carbonyl (C=O) groups is 1. The summed E-state index contributed by atoms with van der Waals surface area (Å²) in [6, 6.07) is 0.707. The summed E-state index contributed by atoms with van der Waals surface area (Å²) >= 11 is 0. The smallest absolute Gasteiger partial charge is 0.328 e. The molecule has 1 atom stereocenters. The maximum absolute atomic E-state index is 11.8. The average Bonchev–Trinajstić information content (AvgIpc) is 2.60. The predicted octanol–water partition coefficient (Wildman–Crippen LogP) is 2.44. The van der Waals surface area contributed by atoms with E-state index in [2.05, 4.69) is 16.9 Å². The topological polar surface area (TPSA) is 47.4 Å². The molecule has 1 saturated heterocycles. The van der Waals surface area contributed by atoms with Gasteiger partial charge >= 0.3 is 5.97 Å². The van der Waals surface area contributed by atoms with Crippen LogP contribution in [0.15, 0.2) is 0 Å². The molecule has 0 bridgehead atoms. The van der Waals surface area contributed by atoms with Crippen LogP contribution in [0.1, 0.15) is 50.6 Å². The van der Waals surface area contributed by atoms with Crippen LogP contribution in [-0.2, 0) is 22.6 Å². The lowest BCUT2D eigenvalue weighted by atomic mass is 9.99. The normalized spacial score (nSPS) is 18.9. The molecule has 0 aliphatic carbocycles. The van der Waals surface area contributed by atoms with Crippen molar-refractivity contribution in [2.75, 3.05) is 6.54 Å². The molecule has 5 heteroatoms. The summed E-state index contributed by atoms with van der Waals surface area (Å²) in [7, 11) is 0. The molecule has 0 saturated carbocycles. The molecule has 2 heterocycles. The Morgan fingerprint density at radius 2 is 2.14 bits per heavy atom. The van der Waals surface area contributed by atoms with Crippen LogP contribution >= 0.6 is 0 Å². The summed E-state index contributed by atoms with van der Waals surface area (Å²) < 4.78 is 6.97. The van der Waals surface area contributed by atoms with Gasteiger partial charge in [-0.25, -0.2) is 0 Å². The second-order valence-electron chi connectivity index (χ2n) is 6.17. The second kappa shape index (κ2) is 6.60. The summed E-state index contributed by atoms with van der Waals surface area (Å²) in [6.45, 7) is 12.3. The molecule has 1 aliphatic rings. The monoisotopic (exact) mass is 293 g/mol. The summed E-state index contributed by atoms with van der Waals surface area (Å²) in [6.07, 6.45) is 2.41. The molecule has 1 aromatic heterocycles. The molecule has 0 N–H and O–H groups in total. The lowest BCUT2D eigenvalue weighted by molar-refractivity contribution is -0.148. The third kappa shape index (κ3) is 3.64. The van der Waals surface area contributed by atoms with Crippen molar-refractivity contribution >= 4 is 5.97 Å². The molecule has 21 heavy (non-hydrogen) atoms. The number of hydrogen-bond donors (Lipinski definition) is 0. The predicted molar refractivity (Wildman–Crippen MR) is 82.0 cm³/mol. The van der Waals surface area contributed by atoms with Crippen molar-refractivity contribution in [1.82, 2.24) is 14.7 Å². The van der Waals surface area contributed by atoms with E-state index in [1.807, 2.05) is 27.7 Å². The zero-order chi connectivity index (χ0) is 15.6. The first kappa shape index (κ1) is 16.0. The van der Waals surface area contributed by atoms with E-state index in [1.54, 1.807) is 4.68 Å². The van der Waals surface area contributed by atoms with Crippen molar-refractivity contribution in [3.8, 4) is 0 Å². The summed E-state index contributed by atoms with van der Waals surface area (Å²) in [5, 5.41) is 4.51. The van der Waals surface area contributed by atoms with E-state index in [1.165, 1.54) is 18.4 Å². The van der Waals surface area contributed by atoms with E-state index in [0.717, 1.165) is 24.5 Å². The molecule has 2 rings (SSSR count). The summed E-state index contributed by atoms with van der Waals surface area (Å²) in [5.41, 5.74) is 3.35. The molecule has 0 amide bonds. The first-order chi connectivity index (χ1) is 9.92. The van der Waals surface area contributed by atoms with Gasteiger partial charge in [0.2, 0.25) is 0 Å². The highest BCUT2D eigenvalue weighted by atomic mass is 16.5. The van der Waals surface area contributed by atoms with Crippen LogP contribution in [0.5, 0.6) is 0 Å². The van der Waals surface area contributed by atoms with Gasteiger partial charge in [-0.2, -0.15) is 5.10 Å². The van der Waals surface area contributed by atoms with Crippen molar-refractivity contribution in [1.29, 1.82) is 0 Å². The minimum Gasteiger partial charge on any atom is -0.462 e. The number of carbonyl (C=O) groups excluding carboxylic acids is 1. The largest absolute Gasteiger partial charge is 0.462 e. The lowest BCUT2D eigenvalue weighted by Gasteiger charge is -2.40. The van der Waals surface area contributed by atoms with Crippen molar-refractivity contribution in [2.24, 2.45) is 0 Å². The van der Waals surface area contributed by atoms with Gasteiger partial charge in [-0.05, 0) is 40.5 Å². The van der Waals surface area contributed by atoms with Gasteiger partial charge in [0.15, 0.2) is 0 Å². The minimum atomic E-state index is -0.225. The van der Waals surface area contributed by atoms with E-state index in [-0.39, 0.29) is 18.6 Å². The third-order valence-electron chi connectivity index (χ3n) is 4.28. The Kier molecular flexibility index (Phi) is 5.04. The van der Waals surface area contributed by atoms with Gasteiger partial charge in [-0.3, -0.25) is 14.4 Å². The molecule has 0 spiro atoms. The summed E-state index contributed by atoms with van der Waals surface area (Å²) in [4.78, 5) is 14.3. The Morgan fingerprint density at radius 1 is 1.43 bits per heavy atom. The molecule has 1 aliphatic heterocycles. The Labute approximate surface area is 127 Å². The number of ether oxygens (including phenoxy) is 1. The van der Waals surface area contributed by atoms with Crippen molar-refractivity contribution < 1.29 is 9.53 Å². The van der Waals surface area contributed by atoms with Crippen LogP contribution in [-0.4, -0.2) is 39.3 Å². The number of likely N-dealkylation sites (tertiary alicyclic amines) is 1. The number of rotatable bonds is 6. The van der Waals surface area contributed by atoms with Gasteiger partial charge < -0.3 is 4.74 Å². The van der Waals surface area contributed by atoms with Gasteiger partial charge in [-0.15, -0.1) is 0 Å². The average molecular weight is 293 g/mol. The zero-order valence-electron chi connectivity index (χ0n) is 13.8. The quantitative estimate of drug-likeness (QED) is 0.756. The lowest BCUT2D eigenvalue weighted by Crippen LogP contribution is -2.46. The van der Waals surface area contributed by atoms with Crippen LogP contribution in [0.25, 0.3) is 0 Å². The van der Waals surface area contributed by atoms with Crippen LogP contribution in [0, 0.1) is 13.8 Å². The van der Waals surface area contributed by atoms with Gasteiger partial charge in [-0.1, -0.05) is 6.92 Å². The molecule has 118 valence electrons. The molecule has 1 aromatic rings. The Morgan fingerprint density at radius 3 is 2.67 bits per heavy atom. The zero-order valence-corrected chi connectivity index (χ0v) is 13.8. The molecule has 0 radical (unpaired) electrons. The maximum atomic E-state index is 11.8. The fraction of sp³-hybridized carbons (Fsp3) is 0.750. The SMILES string of the molecule is CCC1CCN1Cc1c(C)nn(CC(=O)OC(C)C)c1C. The number of hydrogen-bond acceptors (Lipinski definition) is 4. The van der Waals surface area contributed by atoms with E-state index >= 15 is 0 Å². The fourth-order valence-electron chi connectivity index (χ4n) is 2.91. The third-order valence-corrected chi connectivity index (χ3v) is 4.28. The van der Waals surface area contributed by atoms with Crippen molar-refractivity contribution in [3.05, 3.63) is 17.0 Å². The number of nitrogens with zero attached hydrogens (tertiary/aromatic N) is 3. The fourth-order valence-corrected chi connectivity index (χ4v) is 2.91. The number of aromatic nitrogens is 2. The Hall–Kier alpha value is -1.36. The van der Waals surface area contributed by atoms with Crippen LogP contribution < -0.4 is 0 Å². The number of aryl methyl sites for hydroxylation is 1. The van der Waals surface area contributed by atoms with E-state index in [0.29, 0.717) is 6.04 Å². The molecule has 1 unspecified atom stereocenters. The highest BCUT2D eigenvalue weighted by molar-refractivity contribution is 5.69. The first-order valence-electron chi connectivity index (χ1n) is 7.88. The van der Waals surface area contributed by atoms with Crippen LogP contribution in [0.4, 0.5) is 0 Å². The second-order valence-corrected chi connectivity index (χ2v) is 6.17. The molecule has 5 nitrogen and oxygen atoms in total. The van der Waals surface area contributed by atoms with E-state index in [4.69, 9.17) is 4.74 Å². The van der Waals surface area contributed by atoms with Crippen LogP contribution in [0.3, 0.4) is 0 Å². The van der Waals surface area contributed by atoms with Gasteiger partial charge in [0, 0.05) is 30.4 Å². The van der Waals surface area contributed by atoms with Gasteiger partial charge in [0.1, 0.15) is 6.54 Å². The number of esters is 1. The van der Waals surface area contributed by atoms with Crippen LogP contribution in [0.2, 0.25) is 0 Å². The highest BCUT2D eigenvalue weighted by Crippen LogP contribution is 2.25. The Balaban J connectivity index is 2.05. The standard InChI is InChI=1S/C16H27N3O2/c1-6-14-7-8-18(14)9-15-12(4)17-19(13(15)5)10-16(20)21-11(2)3/h11,14H,6-10H2,1-5H3. The van der Waals surface area contributed by atoms with E-state index < -0.39 is 0 Å². The summed E-state index contributed by atoms with van der Waals surface area (Å²) in [5.74, 6) is -0.225. The van der Waals surface area contributed by atoms with E-state index in [9.17, 15) is 4.79 Å². The minimum absolute atomic E-state index is 0.0830. The first-order valence-corrected chi connectivity index (χ1v) is 7.88. The maximum Gasteiger partial charge on any atom is 0.328 e. The van der Waals surface area contributed by atoms with Gasteiger partial charge in [0.25, 0.3) is 0 Å². The van der Waals surface area contributed by atoms with Crippen molar-refractivity contribution in [2.45, 2.75) is 72.7 Å².